The number of phenols is 1. The van der Waals surface area contributed by atoms with Crippen molar-refractivity contribution in [3.8, 4) is 5.75 Å². The van der Waals surface area contributed by atoms with Gasteiger partial charge in [0, 0.05) is 36.9 Å². The molecule has 0 spiro atoms. The first-order valence-electron chi connectivity index (χ1n) is 7.75. The lowest BCUT2D eigenvalue weighted by atomic mass is 9.98. The number of phenolic OH excluding ortho intramolecular Hbond substituents is 1. The second-order valence-electron chi connectivity index (χ2n) is 6.14. The Morgan fingerprint density at radius 1 is 1.33 bits per heavy atom. The third-order valence-corrected chi connectivity index (χ3v) is 4.71. The molecule has 1 aromatic rings. The lowest BCUT2D eigenvalue weighted by molar-refractivity contribution is 0.122. The first kappa shape index (κ1) is 14.6. The van der Waals surface area contributed by atoms with E-state index in [2.05, 4.69) is 22.9 Å². The van der Waals surface area contributed by atoms with Crippen molar-refractivity contribution in [2.24, 2.45) is 11.7 Å². The van der Waals surface area contributed by atoms with Gasteiger partial charge in [0.2, 0.25) is 0 Å². The molecule has 3 rings (SSSR count). The Bertz CT molecular complexity index is 488. The van der Waals surface area contributed by atoms with Crippen molar-refractivity contribution >= 4 is 5.69 Å². The molecule has 0 aromatic heterocycles. The maximum absolute atomic E-state index is 10.3. The van der Waals surface area contributed by atoms with Crippen LogP contribution in [-0.2, 0) is 4.74 Å². The standard InChI is InChI=1S/C16H25N3O2/c1-18-11-12(10-17)8-15(18)14-9-13(2-3-16(14)20)19-4-6-21-7-5-19/h2-3,9,12,15,20H,4-8,10-11,17H2,1H3. The number of ether oxygens (including phenoxy) is 1. The van der Waals surface area contributed by atoms with Gasteiger partial charge in [-0.1, -0.05) is 0 Å². The van der Waals surface area contributed by atoms with Gasteiger partial charge in [-0.2, -0.15) is 0 Å². The maximum Gasteiger partial charge on any atom is 0.120 e. The highest BCUT2D eigenvalue weighted by Gasteiger charge is 2.31. The molecule has 0 radical (unpaired) electrons. The molecule has 0 bridgehead atoms. The lowest BCUT2D eigenvalue weighted by Gasteiger charge is -2.30. The molecule has 1 aromatic carbocycles. The quantitative estimate of drug-likeness (QED) is 0.875. The highest BCUT2D eigenvalue weighted by Crippen LogP contribution is 2.39. The van der Waals surface area contributed by atoms with Gasteiger partial charge in [0.05, 0.1) is 13.2 Å². The first-order chi connectivity index (χ1) is 10.2. The minimum Gasteiger partial charge on any atom is -0.508 e. The van der Waals surface area contributed by atoms with Gasteiger partial charge in [0.1, 0.15) is 5.75 Å². The van der Waals surface area contributed by atoms with Crippen LogP contribution in [0.25, 0.3) is 0 Å². The normalized spacial score (nSPS) is 27.2. The predicted octanol–water partition coefficient (Wildman–Crippen LogP) is 1.18. The molecule has 5 nitrogen and oxygen atoms in total. The number of rotatable bonds is 3. The number of hydrogen-bond acceptors (Lipinski definition) is 5. The second kappa shape index (κ2) is 6.22. The summed E-state index contributed by atoms with van der Waals surface area (Å²) >= 11 is 0. The van der Waals surface area contributed by atoms with Gasteiger partial charge in [-0.15, -0.1) is 0 Å². The number of hydrogen-bond donors (Lipinski definition) is 2. The van der Waals surface area contributed by atoms with Crippen LogP contribution in [0.15, 0.2) is 18.2 Å². The Labute approximate surface area is 126 Å². The summed E-state index contributed by atoms with van der Waals surface area (Å²) < 4.78 is 5.41. The minimum absolute atomic E-state index is 0.263. The van der Waals surface area contributed by atoms with Gasteiger partial charge >= 0.3 is 0 Å². The molecule has 2 saturated heterocycles. The van der Waals surface area contributed by atoms with E-state index >= 15 is 0 Å². The molecular weight excluding hydrogens is 266 g/mol. The van der Waals surface area contributed by atoms with Crippen LogP contribution in [0.3, 0.4) is 0 Å². The van der Waals surface area contributed by atoms with E-state index in [0.717, 1.165) is 44.8 Å². The van der Waals surface area contributed by atoms with E-state index in [4.69, 9.17) is 10.5 Å². The number of nitrogens with zero attached hydrogens (tertiary/aromatic N) is 2. The Morgan fingerprint density at radius 2 is 2.10 bits per heavy atom. The summed E-state index contributed by atoms with van der Waals surface area (Å²) in [4.78, 5) is 4.62. The van der Waals surface area contributed by atoms with Crippen molar-refractivity contribution in [2.75, 3.05) is 51.3 Å². The van der Waals surface area contributed by atoms with Crippen LogP contribution in [0.4, 0.5) is 5.69 Å². The van der Waals surface area contributed by atoms with Gasteiger partial charge in [-0.3, -0.25) is 4.90 Å². The topological polar surface area (TPSA) is 62.0 Å². The Kier molecular flexibility index (Phi) is 4.33. The van der Waals surface area contributed by atoms with Crippen LogP contribution in [0.2, 0.25) is 0 Å². The summed E-state index contributed by atoms with van der Waals surface area (Å²) in [5.74, 6) is 0.910. The molecule has 3 N–H and O–H groups in total. The number of nitrogens with two attached hydrogens (primary N) is 1. The van der Waals surface area contributed by atoms with Crippen LogP contribution in [0, 0.1) is 5.92 Å². The largest absolute Gasteiger partial charge is 0.508 e. The van der Waals surface area contributed by atoms with Crippen LogP contribution >= 0.6 is 0 Å². The van der Waals surface area contributed by atoms with Gasteiger partial charge in [-0.05, 0) is 44.1 Å². The summed E-state index contributed by atoms with van der Waals surface area (Å²) in [5, 5.41) is 10.3. The fraction of sp³-hybridized carbons (Fsp3) is 0.625. The summed E-state index contributed by atoms with van der Waals surface area (Å²) in [5.41, 5.74) is 8.01. The molecule has 2 heterocycles. The number of aromatic hydroxyl groups is 1. The van der Waals surface area contributed by atoms with E-state index in [-0.39, 0.29) is 6.04 Å². The highest BCUT2D eigenvalue weighted by atomic mass is 16.5. The SMILES string of the molecule is CN1CC(CN)CC1c1cc(N2CCOCC2)ccc1O. The van der Waals surface area contributed by atoms with Crippen molar-refractivity contribution in [1.29, 1.82) is 0 Å². The van der Waals surface area contributed by atoms with Crippen molar-refractivity contribution in [3.63, 3.8) is 0 Å². The predicted molar refractivity (Wildman–Crippen MR) is 83.7 cm³/mol. The van der Waals surface area contributed by atoms with Crippen molar-refractivity contribution in [3.05, 3.63) is 23.8 Å². The zero-order valence-electron chi connectivity index (χ0n) is 12.7. The van der Waals surface area contributed by atoms with E-state index < -0.39 is 0 Å². The maximum atomic E-state index is 10.3. The van der Waals surface area contributed by atoms with Crippen LogP contribution < -0.4 is 10.6 Å². The second-order valence-corrected chi connectivity index (χ2v) is 6.14. The van der Waals surface area contributed by atoms with Gasteiger partial charge < -0.3 is 20.5 Å². The van der Waals surface area contributed by atoms with Gasteiger partial charge in [0.15, 0.2) is 0 Å². The molecule has 2 fully saturated rings. The fourth-order valence-corrected chi connectivity index (χ4v) is 3.47. The van der Waals surface area contributed by atoms with Crippen molar-refractivity contribution in [1.82, 2.24) is 4.90 Å². The molecule has 0 amide bonds. The van der Waals surface area contributed by atoms with Crippen LogP contribution in [-0.4, -0.2) is 56.4 Å². The number of likely N-dealkylation sites (tertiary alicyclic amines) is 1. The van der Waals surface area contributed by atoms with E-state index in [9.17, 15) is 5.11 Å². The number of morpholine rings is 1. The average Bonchev–Trinajstić information content (AvgIpc) is 2.90. The molecule has 2 aliphatic rings. The molecule has 116 valence electrons. The molecule has 0 saturated carbocycles. The van der Waals surface area contributed by atoms with E-state index in [1.54, 1.807) is 0 Å². The van der Waals surface area contributed by atoms with E-state index in [1.807, 2.05) is 12.1 Å². The molecular formula is C16H25N3O2. The first-order valence-corrected chi connectivity index (χ1v) is 7.75. The Hall–Kier alpha value is -1.30. The van der Waals surface area contributed by atoms with Crippen molar-refractivity contribution < 1.29 is 9.84 Å². The summed E-state index contributed by atoms with van der Waals surface area (Å²) in [6.45, 7) is 5.09. The van der Waals surface area contributed by atoms with E-state index in [0.29, 0.717) is 18.2 Å². The van der Waals surface area contributed by atoms with Crippen molar-refractivity contribution in [2.45, 2.75) is 12.5 Å². The Morgan fingerprint density at radius 3 is 2.76 bits per heavy atom. The third-order valence-electron chi connectivity index (χ3n) is 4.71. The smallest absolute Gasteiger partial charge is 0.120 e. The summed E-state index contributed by atoms with van der Waals surface area (Å²) in [7, 11) is 2.11. The molecule has 2 unspecified atom stereocenters. The zero-order valence-corrected chi connectivity index (χ0v) is 12.7. The highest BCUT2D eigenvalue weighted by molar-refractivity contribution is 5.54. The summed E-state index contributed by atoms with van der Waals surface area (Å²) in [6, 6.07) is 6.23. The zero-order chi connectivity index (χ0) is 14.8. The number of anilines is 1. The average molecular weight is 291 g/mol. The Balaban J connectivity index is 1.84. The lowest BCUT2D eigenvalue weighted by Crippen LogP contribution is -2.36. The molecule has 2 atom stereocenters. The van der Waals surface area contributed by atoms with Crippen LogP contribution in [0.1, 0.15) is 18.0 Å². The minimum atomic E-state index is 0.263. The summed E-state index contributed by atoms with van der Waals surface area (Å²) in [6.07, 6.45) is 1.02. The number of benzene rings is 1. The molecule has 5 heteroatoms. The molecule has 2 aliphatic heterocycles. The van der Waals surface area contributed by atoms with Gasteiger partial charge in [0.25, 0.3) is 0 Å². The van der Waals surface area contributed by atoms with E-state index in [1.165, 1.54) is 5.69 Å². The molecule has 0 aliphatic carbocycles. The van der Waals surface area contributed by atoms with Gasteiger partial charge in [-0.25, -0.2) is 0 Å². The fourth-order valence-electron chi connectivity index (χ4n) is 3.47. The third kappa shape index (κ3) is 3.00. The monoisotopic (exact) mass is 291 g/mol. The van der Waals surface area contributed by atoms with Crippen LogP contribution in [0.5, 0.6) is 5.75 Å². The molecule has 21 heavy (non-hydrogen) atoms.